The number of hydrogen-bond donors (Lipinski definition) is 1. The van der Waals surface area contributed by atoms with Crippen LogP contribution >= 0.6 is 0 Å². The van der Waals surface area contributed by atoms with E-state index in [2.05, 4.69) is 34.1 Å². The van der Waals surface area contributed by atoms with Gasteiger partial charge in [-0.3, -0.25) is 0 Å². The van der Waals surface area contributed by atoms with E-state index in [-0.39, 0.29) is 0 Å². The predicted molar refractivity (Wildman–Crippen MR) is 70.9 cm³/mol. The van der Waals surface area contributed by atoms with Gasteiger partial charge in [-0.25, -0.2) is 15.0 Å². The molecule has 0 saturated carbocycles. The molecule has 0 fully saturated rings. The number of aryl methyl sites for hydroxylation is 2. The molecule has 0 unspecified atom stereocenters. The number of rotatable bonds is 4. The first-order valence-electron chi connectivity index (χ1n) is 6.12. The third-order valence-corrected chi connectivity index (χ3v) is 2.62. The van der Waals surface area contributed by atoms with E-state index in [4.69, 9.17) is 0 Å². The molecule has 0 atom stereocenters. The average molecular weight is 245 g/mol. The van der Waals surface area contributed by atoms with E-state index in [1.54, 1.807) is 6.20 Å². The number of nitrogens with one attached hydrogen (secondary N) is 1. The molecular weight excluding hydrogens is 226 g/mol. The highest BCUT2D eigenvalue weighted by molar-refractivity contribution is 5.44. The first-order chi connectivity index (χ1) is 8.56. The van der Waals surface area contributed by atoms with Gasteiger partial charge in [-0.2, -0.15) is 0 Å². The predicted octanol–water partition coefficient (Wildman–Crippen LogP) is 1.68. The fraction of sp³-hybridized carbons (Fsp3) is 0.462. The first kappa shape index (κ1) is 12.7. The zero-order valence-corrected chi connectivity index (χ0v) is 11.3. The van der Waals surface area contributed by atoms with Crippen molar-refractivity contribution in [1.29, 1.82) is 0 Å². The first-order valence-corrected chi connectivity index (χ1v) is 6.12. The summed E-state index contributed by atoms with van der Waals surface area (Å²) < 4.78 is 1.93. The fourth-order valence-corrected chi connectivity index (χ4v) is 1.71. The summed E-state index contributed by atoms with van der Waals surface area (Å²) in [6.45, 7) is 6.97. The van der Waals surface area contributed by atoms with Gasteiger partial charge in [-0.05, 0) is 13.0 Å². The SMILES string of the molecule is Cc1cc(CNC(C)C)nc(-c2nccn2C)n1. The number of aromatic nitrogens is 4. The summed E-state index contributed by atoms with van der Waals surface area (Å²) in [7, 11) is 1.94. The second-order valence-electron chi connectivity index (χ2n) is 4.72. The summed E-state index contributed by atoms with van der Waals surface area (Å²) in [5.74, 6) is 1.48. The van der Waals surface area contributed by atoms with Crippen molar-refractivity contribution in [2.75, 3.05) is 0 Å². The lowest BCUT2D eigenvalue weighted by atomic mass is 10.3. The summed E-state index contributed by atoms with van der Waals surface area (Å²) in [6.07, 6.45) is 3.65. The molecule has 0 saturated heterocycles. The molecule has 2 rings (SSSR count). The van der Waals surface area contributed by atoms with E-state index >= 15 is 0 Å². The molecule has 0 aliphatic heterocycles. The Kier molecular flexibility index (Phi) is 3.72. The van der Waals surface area contributed by atoms with Gasteiger partial charge >= 0.3 is 0 Å². The molecule has 1 N–H and O–H groups in total. The zero-order chi connectivity index (χ0) is 13.1. The lowest BCUT2D eigenvalue weighted by Crippen LogP contribution is -2.22. The summed E-state index contributed by atoms with van der Waals surface area (Å²) >= 11 is 0. The molecule has 0 aliphatic rings. The van der Waals surface area contributed by atoms with Crippen molar-refractivity contribution >= 4 is 0 Å². The highest BCUT2D eigenvalue weighted by atomic mass is 15.1. The van der Waals surface area contributed by atoms with Gasteiger partial charge in [0.05, 0.1) is 5.69 Å². The van der Waals surface area contributed by atoms with Crippen LogP contribution in [0.2, 0.25) is 0 Å². The second-order valence-corrected chi connectivity index (χ2v) is 4.72. The molecule has 18 heavy (non-hydrogen) atoms. The minimum Gasteiger partial charge on any atom is -0.331 e. The molecule has 96 valence electrons. The third kappa shape index (κ3) is 2.92. The van der Waals surface area contributed by atoms with Crippen LogP contribution in [-0.4, -0.2) is 25.6 Å². The summed E-state index contributed by atoms with van der Waals surface area (Å²) in [5, 5.41) is 3.36. The van der Waals surface area contributed by atoms with Crippen LogP contribution in [0.3, 0.4) is 0 Å². The van der Waals surface area contributed by atoms with Gasteiger partial charge in [0.1, 0.15) is 0 Å². The summed E-state index contributed by atoms with van der Waals surface area (Å²) in [5.41, 5.74) is 1.96. The topological polar surface area (TPSA) is 55.6 Å². The lowest BCUT2D eigenvalue weighted by molar-refractivity contribution is 0.580. The molecule has 0 amide bonds. The van der Waals surface area contributed by atoms with Gasteiger partial charge in [0.15, 0.2) is 11.6 Å². The third-order valence-electron chi connectivity index (χ3n) is 2.62. The van der Waals surface area contributed by atoms with E-state index < -0.39 is 0 Å². The molecule has 5 nitrogen and oxygen atoms in total. The van der Waals surface area contributed by atoms with E-state index in [1.165, 1.54) is 0 Å². The summed E-state index contributed by atoms with van der Waals surface area (Å²) in [6, 6.07) is 2.44. The number of hydrogen-bond acceptors (Lipinski definition) is 4. The van der Waals surface area contributed by atoms with Crippen molar-refractivity contribution < 1.29 is 0 Å². The highest BCUT2D eigenvalue weighted by Gasteiger charge is 2.09. The molecule has 0 aliphatic carbocycles. The molecule has 0 bridgehead atoms. The van der Waals surface area contributed by atoms with Crippen LogP contribution in [0, 0.1) is 6.92 Å². The molecule has 2 heterocycles. The zero-order valence-electron chi connectivity index (χ0n) is 11.3. The van der Waals surface area contributed by atoms with Crippen LogP contribution in [0.4, 0.5) is 0 Å². The van der Waals surface area contributed by atoms with Crippen LogP contribution < -0.4 is 5.32 Å². The van der Waals surface area contributed by atoms with Crippen LogP contribution in [-0.2, 0) is 13.6 Å². The van der Waals surface area contributed by atoms with E-state index in [0.29, 0.717) is 11.9 Å². The van der Waals surface area contributed by atoms with Gasteiger partial charge in [0.2, 0.25) is 0 Å². The summed E-state index contributed by atoms with van der Waals surface area (Å²) in [4.78, 5) is 13.3. The van der Waals surface area contributed by atoms with E-state index in [9.17, 15) is 0 Å². The Hall–Kier alpha value is -1.75. The maximum Gasteiger partial charge on any atom is 0.196 e. The molecule has 0 radical (unpaired) electrons. The maximum absolute atomic E-state index is 4.55. The van der Waals surface area contributed by atoms with Crippen molar-refractivity contribution in [2.45, 2.75) is 33.4 Å². The van der Waals surface area contributed by atoms with Crippen molar-refractivity contribution in [3.05, 3.63) is 29.8 Å². The van der Waals surface area contributed by atoms with Gasteiger partial charge < -0.3 is 9.88 Å². The van der Waals surface area contributed by atoms with Crippen LogP contribution in [0.5, 0.6) is 0 Å². The number of nitrogens with zero attached hydrogens (tertiary/aromatic N) is 4. The van der Waals surface area contributed by atoms with Gasteiger partial charge in [-0.15, -0.1) is 0 Å². The van der Waals surface area contributed by atoms with Crippen LogP contribution in [0.25, 0.3) is 11.6 Å². The van der Waals surface area contributed by atoms with Crippen LogP contribution in [0.1, 0.15) is 25.2 Å². The molecule has 5 heteroatoms. The fourth-order valence-electron chi connectivity index (χ4n) is 1.71. The normalized spacial score (nSPS) is 11.2. The quantitative estimate of drug-likeness (QED) is 0.890. The molecule has 0 aromatic carbocycles. The largest absolute Gasteiger partial charge is 0.331 e. The van der Waals surface area contributed by atoms with Crippen LogP contribution in [0.15, 0.2) is 18.5 Å². The minimum atomic E-state index is 0.442. The Morgan fingerprint density at radius 1 is 1.33 bits per heavy atom. The molecule has 2 aromatic heterocycles. The highest BCUT2D eigenvalue weighted by Crippen LogP contribution is 2.13. The smallest absolute Gasteiger partial charge is 0.196 e. The maximum atomic E-state index is 4.55. The minimum absolute atomic E-state index is 0.442. The Morgan fingerprint density at radius 2 is 2.11 bits per heavy atom. The molecule has 0 spiro atoms. The van der Waals surface area contributed by atoms with E-state index in [1.807, 2.05) is 30.8 Å². The molecule has 2 aromatic rings. The lowest BCUT2D eigenvalue weighted by Gasteiger charge is -2.09. The monoisotopic (exact) mass is 245 g/mol. The van der Waals surface area contributed by atoms with Crippen molar-refractivity contribution in [3.63, 3.8) is 0 Å². The standard InChI is InChI=1S/C13H19N5/c1-9(2)15-8-11-7-10(3)16-12(17-11)13-14-5-6-18(13)4/h5-7,9,15H,8H2,1-4H3. The van der Waals surface area contributed by atoms with E-state index in [0.717, 1.165) is 23.8 Å². The Balaban J connectivity index is 2.29. The Bertz CT molecular complexity index is 530. The second kappa shape index (κ2) is 5.27. The number of imidazole rings is 1. The molecular formula is C13H19N5. The average Bonchev–Trinajstić information content (AvgIpc) is 2.72. The Morgan fingerprint density at radius 3 is 2.72 bits per heavy atom. The van der Waals surface area contributed by atoms with Crippen molar-refractivity contribution in [3.8, 4) is 11.6 Å². The van der Waals surface area contributed by atoms with Gasteiger partial charge in [0, 0.05) is 37.7 Å². The Labute approximate surface area is 107 Å². The van der Waals surface area contributed by atoms with Gasteiger partial charge in [0.25, 0.3) is 0 Å². The van der Waals surface area contributed by atoms with Crippen molar-refractivity contribution in [1.82, 2.24) is 24.8 Å². The van der Waals surface area contributed by atoms with Crippen molar-refractivity contribution in [2.24, 2.45) is 7.05 Å². The van der Waals surface area contributed by atoms with Gasteiger partial charge in [-0.1, -0.05) is 13.8 Å².